The third kappa shape index (κ3) is 3.40. The zero-order valence-corrected chi connectivity index (χ0v) is 20.8. The van der Waals surface area contributed by atoms with E-state index < -0.39 is 11.7 Å². The first-order chi connectivity index (χ1) is 15.2. The van der Waals surface area contributed by atoms with Crippen molar-refractivity contribution in [1.29, 1.82) is 0 Å². The molecule has 0 spiro atoms. The summed E-state index contributed by atoms with van der Waals surface area (Å²) in [4.78, 5) is 4.25. The summed E-state index contributed by atoms with van der Waals surface area (Å²) in [7, 11) is 0. The van der Waals surface area contributed by atoms with Gasteiger partial charge in [0.1, 0.15) is 0 Å². The number of aliphatic hydroxyl groups excluding tert-OH is 1. The van der Waals surface area contributed by atoms with E-state index in [0.717, 1.165) is 42.6 Å². The van der Waals surface area contributed by atoms with Gasteiger partial charge in [-0.3, -0.25) is 4.98 Å². The summed E-state index contributed by atoms with van der Waals surface area (Å²) in [6.07, 6.45) is 15.3. The molecular formula is C29H45NO2. The molecule has 0 aliphatic heterocycles. The van der Waals surface area contributed by atoms with E-state index in [1.54, 1.807) is 6.20 Å². The predicted molar refractivity (Wildman–Crippen MR) is 129 cm³/mol. The van der Waals surface area contributed by atoms with E-state index in [2.05, 4.69) is 32.7 Å². The van der Waals surface area contributed by atoms with Crippen molar-refractivity contribution in [3.05, 3.63) is 30.1 Å². The van der Waals surface area contributed by atoms with E-state index in [1.807, 2.05) is 18.3 Å². The third-order valence-electron chi connectivity index (χ3n) is 11.7. The number of hydrogen-bond acceptors (Lipinski definition) is 3. The zero-order chi connectivity index (χ0) is 22.7. The quantitative estimate of drug-likeness (QED) is 0.559. The third-order valence-corrected chi connectivity index (χ3v) is 11.7. The van der Waals surface area contributed by atoms with Crippen molar-refractivity contribution in [1.82, 2.24) is 4.98 Å². The Morgan fingerprint density at radius 1 is 1.03 bits per heavy atom. The highest BCUT2D eigenvalue weighted by Crippen LogP contribution is 2.69. The second-order valence-electron chi connectivity index (χ2n) is 12.8. The molecule has 3 nitrogen and oxygen atoms in total. The van der Waals surface area contributed by atoms with Crippen molar-refractivity contribution in [2.45, 2.75) is 104 Å². The van der Waals surface area contributed by atoms with Gasteiger partial charge < -0.3 is 10.2 Å². The molecule has 2 N–H and O–H groups in total. The number of fused-ring (bicyclic) bond motifs is 5. The van der Waals surface area contributed by atoms with Gasteiger partial charge in [-0.15, -0.1) is 0 Å². The molecule has 0 bridgehead atoms. The lowest BCUT2D eigenvalue weighted by Crippen LogP contribution is -2.56. The number of nitrogens with zero attached hydrogens (tertiary/aromatic N) is 1. The molecule has 4 aliphatic rings. The summed E-state index contributed by atoms with van der Waals surface area (Å²) < 4.78 is 0. The number of pyridine rings is 1. The van der Waals surface area contributed by atoms with Gasteiger partial charge in [0.25, 0.3) is 0 Å². The van der Waals surface area contributed by atoms with Crippen molar-refractivity contribution in [2.75, 3.05) is 0 Å². The van der Waals surface area contributed by atoms with E-state index in [1.165, 1.54) is 44.9 Å². The molecule has 1 aromatic rings. The van der Waals surface area contributed by atoms with Crippen molar-refractivity contribution >= 4 is 0 Å². The second kappa shape index (κ2) is 8.08. The molecule has 4 fully saturated rings. The van der Waals surface area contributed by atoms with Crippen molar-refractivity contribution < 1.29 is 10.2 Å². The molecule has 3 heteroatoms. The molecule has 4 aliphatic carbocycles. The summed E-state index contributed by atoms with van der Waals surface area (Å²) in [5.41, 5.74) is 1.34. The van der Waals surface area contributed by atoms with Gasteiger partial charge in [-0.25, -0.2) is 0 Å². The Bertz CT molecular complexity index is 813. The predicted octanol–water partition coefficient (Wildman–Crippen LogP) is 6.55. The number of aliphatic hydroxyl groups is 2. The van der Waals surface area contributed by atoms with E-state index in [4.69, 9.17) is 0 Å². The summed E-state index contributed by atoms with van der Waals surface area (Å²) in [5.74, 6) is 4.04. The number of aromatic nitrogens is 1. The molecule has 32 heavy (non-hydrogen) atoms. The standard InChI is InChI=1S/C29H45NO2/c1-5-29(32)15-14-27(3)21(17-29)8-9-22-24-11-10-23(28(24,4)13-12-25(22)27)19(2)26(31)20-7-6-16-30-18-20/h6-7,16,18-19,21-26,31-32H,5,8-15,17H2,1-4H3/t19-,21-,22-,23+,24-,25-,26+,27-,28+,29-/m0/s1. The minimum absolute atomic E-state index is 0.270. The Morgan fingerprint density at radius 3 is 2.53 bits per heavy atom. The maximum absolute atomic E-state index is 11.2. The lowest BCUT2D eigenvalue weighted by molar-refractivity contribution is -0.154. The van der Waals surface area contributed by atoms with Gasteiger partial charge in [-0.1, -0.05) is 33.8 Å². The highest BCUT2D eigenvalue weighted by molar-refractivity contribution is 5.16. The van der Waals surface area contributed by atoms with Gasteiger partial charge in [0.2, 0.25) is 0 Å². The van der Waals surface area contributed by atoms with E-state index in [9.17, 15) is 10.2 Å². The SMILES string of the molecule is CC[C@]1(O)CC[C@@]2(C)[C@@H](CC[C@@H]3[C@@H]2CC[C@]2(C)[C@@H]([C@H](C)[C@@H](O)c4cccnc4)CC[C@@H]32)C1. The smallest absolute Gasteiger partial charge is 0.0833 e. The van der Waals surface area contributed by atoms with Crippen LogP contribution < -0.4 is 0 Å². The molecular weight excluding hydrogens is 394 g/mol. The Kier molecular flexibility index (Phi) is 5.77. The van der Waals surface area contributed by atoms with Crippen molar-refractivity contribution in [3.8, 4) is 0 Å². The summed E-state index contributed by atoms with van der Waals surface area (Å²) in [6, 6.07) is 3.97. The van der Waals surface area contributed by atoms with Gasteiger partial charge in [-0.2, -0.15) is 0 Å². The second-order valence-corrected chi connectivity index (χ2v) is 12.8. The number of hydrogen-bond donors (Lipinski definition) is 2. The minimum Gasteiger partial charge on any atom is -0.390 e. The average Bonchev–Trinajstić information content (AvgIpc) is 3.16. The van der Waals surface area contributed by atoms with E-state index >= 15 is 0 Å². The van der Waals surface area contributed by atoms with Gasteiger partial charge in [0.15, 0.2) is 0 Å². The fourth-order valence-electron chi connectivity index (χ4n) is 9.62. The molecule has 4 saturated carbocycles. The first-order valence-corrected chi connectivity index (χ1v) is 13.5. The van der Waals surface area contributed by atoms with Crippen LogP contribution in [0.5, 0.6) is 0 Å². The van der Waals surface area contributed by atoms with Gasteiger partial charge >= 0.3 is 0 Å². The first kappa shape index (κ1) is 22.8. The van der Waals surface area contributed by atoms with Crippen LogP contribution in [-0.2, 0) is 0 Å². The van der Waals surface area contributed by atoms with Crippen LogP contribution in [0, 0.1) is 46.3 Å². The van der Waals surface area contributed by atoms with Gasteiger partial charge in [0, 0.05) is 12.4 Å². The normalized spacial score (nSPS) is 47.8. The molecule has 0 saturated heterocycles. The highest BCUT2D eigenvalue weighted by Gasteiger charge is 2.61. The van der Waals surface area contributed by atoms with Crippen LogP contribution in [-0.4, -0.2) is 20.8 Å². The van der Waals surface area contributed by atoms with Crippen LogP contribution in [0.1, 0.15) is 104 Å². The molecule has 5 rings (SSSR count). The molecule has 0 unspecified atom stereocenters. The molecule has 0 amide bonds. The van der Waals surface area contributed by atoms with Gasteiger partial charge in [-0.05, 0) is 122 Å². The van der Waals surface area contributed by atoms with Crippen molar-refractivity contribution in [2.24, 2.45) is 46.3 Å². The van der Waals surface area contributed by atoms with Crippen LogP contribution in [0.15, 0.2) is 24.5 Å². The largest absolute Gasteiger partial charge is 0.390 e. The Hall–Kier alpha value is -0.930. The summed E-state index contributed by atoms with van der Waals surface area (Å²) >= 11 is 0. The van der Waals surface area contributed by atoms with Gasteiger partial charge in [0.05, 0.1) is 11.7 Å². The molecule has 178 valence electrons. The molecule has 0 aromatic carbocycles. The molecule has 10 atom stereocenters. The average molecular weight is 440 g/mol. The molecule has 0 radical (unpaired) electrons. The Morgan fingerprint density at radius 2 is 1.81 bits per heavy atom. The summed E-state index contributed by atoms with van der Waals surface area (Å²) in [5, 5.41) is 22.2. The fourth-order valence-corrected chi connectivity index (χ4v) is 9.62. The number of rotatable bonds is 4. The molecule has 1 heterocycles. The first-order valence-electron chi connectivity index (χ1n) is 13.5. The van der Waals surface area contributed by atoms with Crippen LogP contribution in [0.4, 0.5) is 0 Å². The van der Waals surface area contributed by atoms with Crippen LogP contribution in [0.3, 0.4) is 0 Å². The topological polar surface area (TPSA) is 53.4 Å². The lowest BCUT2D eigenvalue weighted by Gasteiger charge is -2.62. The maximum atomic E-state index is 11.2. The van der Waals surface area contributed by atoms with Crippen LogP contribution in [0.2, 0.25) is 0 Å². The van der Waals surface area contributed by atoms with Crippen LogP contribution in [0.25, 0.3) is 0 Å². The minimum atomic E-state index is -0.416. The highest BCUT2D eigenvalue weighted by atomic mass is 16.3. The van der Waals surface area contributed by atoms with Crippen molar-refractivity contribution in [3.63, 3.8) is 0 Å². The maximum Gasteiger partial charge on any atom is 0.0833 e. The zero-order valence-electron chi connectivity index (χ0n) is 20.8. The van der Waals surface area contributed by atoms with Crippen LogP contribution >= 0.6 is 0 Å². The molecule has 1 aromatic heterocycles. The lowest BCUT2D eigenvalue weighted by atomic mass is 9.43. The van der Waals surface area contributed by atoms with E-state index in [-0.39, 0.29) is 5.92 Å². The fraction of sp³-hybridized carbons (Fsp3) is 0.828. The van der Waals surface area contributed by atoms with E-state index in [0.29, 0.717) is 22.7 Å². The monoisotopic (exact) mass is 439 g/mol. The summed E-state index contributed by atoms with van der Waals surface area (Å²) in [6.45, 7) is 9.61. The Labute approximate surface area is 195 Å². The Balaban J connectivity index is 1.35.